The zero-order chi connectivity index (χ0) is 7.78. The highest BCUT2D eigenvalue weighted by molar-refractivity contribution is 5.94. The molecule has 0 aromatic rings. The summed E-state index contributed by atoms with van der Waals surface area (Å²) in [5, 5.41) is 6.79. The van der Waals surface area contributed by atoms with E-state index in [4.69, 9.17) is 5.41 Å². The van der Waals surface area contributed by atoms with Crippen LogP contribution in [0.1, 0.15) is 27.2 Å². The SMILES string of the molecule is C/C(=N/C=N)C1(C)CC1C. The maximum absolute atomic E-state index is 6.79. The summed E-state index contributed by atoms with van der Waals surface area (Å²) in [4.78, 5) is 3.97. The lowest BCUT2D eigenvalue weighted by molar-refractivity contribution is 0.707. The molecule has 0 bridgehead atoms. The Morgan fingerprint density at radius 2 is 2.30 bits per heavy atom. The fraction of sp³-hybridized carbons (Fsp3) is 0.750. The van der Waals surface area contributed by atoms with Gasteiger partial charge in [0.15, 0.2) is 0 Å². The standard InChI is InChI=1S/C8H14N2/c1-6-4-8(6,3)7(2)10-5-9/h5-6,9H,4H2,1-3H3/b9-5?,10-7-. The van der Waals surface area contributed by atoms with Crippen molar-refractivity contribution in [2.75, 3.05) is 0 Å². The zero-order valence-electron chi connectivity index (χ0n) is 6.81. The second-order valence-corrected chi connectivity index (χ2v) is 3.37. The van der Waals surface area contributed by atoms with Crippen LogP contribution in [0.4, 0.5) is 0 Å². The minimum atomic E-state index is 0.317. The minimum absolute atomic E-state index is 0.317. The Morgan fingerprint density at radius 3 is 2.60 bits per heavy atom. The Kier molecular flexibility index (Phi) is 1.63. The van der Waals surface area contributed by atoms with Gasteiger partial charge in [0.05, 0.1) is 0 Å². The van der Waals surface area contributed by atoms with Crippen LogP contribution in [-0.2, 0) is 0 Å². The molecule has 56 valence electrons. The molecule has 1 aliphatic carbocycles. The highest BCUT2D eigenvalue weighted by Crippen LogP contribution is 2.52. The Hall–Kier alpha value is -0.660. The topological polar surface area (TPSA) is 36.2 Å². The van der Waals surface area contributed by atoms with Gasteiger partial charge in [-0.05, 0) is 19.3 Å². The summed E-state index contributed by atoms with van der Waals surface area (Å²) in [5.41, 5.74) is 1.42. The van der Waals surface area contributed by atoms with Gasteiger partial charge in [-0.1, -0.05) is 13.8 Å². The Bertz CT molecular complexity index is 184. The van der Waals surface area contributed by atoms with Crippen LogP contribution < -0.4 is 0 Å². The van der Waals surface area contributed by atoms with Crippen LogP contribution in [0.25, 0.3) is 0 Å². The van der Waals surface area contributed by atoms with Crippen molar-refractivity contribution in [1.29, 1.82) is 5.41 Å². The lowest BCUT2D eigenvalue weighted by Crippen LogP contribution is -2.09. The van der Waals surface area contributed by atoms with E-state index in [-0.39, 0.29) is 0 Å². The first kappa shape index (κ1) is 7.45. The van der Waals surface area contributed by atoms with Crippen LogP contribution >= 0.6 is 0 Å². The number of rotatable bonds is 2. The van der Waals surface area contributed by atoms with Crippen LogP contribution in [0.15, 0.2) is 4.99 Å². The molecule has 1 aliphatic rings. The summed E-state index contributed by atoms with van der Waals surface area (Å²) in [6, 6.07) is 0. The van der Waals surface area contributed by atoms with Crippen LogP contribution in [0.3, 0.4) is 0 Å². The fourth-order valence-corrected chi connectivity index (χ4v) is 1.33. The first-order valence-corrected chi connectivity index (χ1v) is 3.65. The quantitative estimate of drug-likeness (QED) is 0.448. The van der Waals surface area contributed by atoms with Gasteiger partial charge in [-0.3, -0.25) is 5.41 Å². The smallest absolute Gasteiger partial charge is 0.106 e. The van der Waals surface area contributed by atoms with Crippen LogP contribution in [-0.4, -0.2) is 12.1 Å². The van der Waals surface area contributed by atoms with E-state index < -0.39 is 0 Å². The Morgan fingerprint density at radius 1 is 1.80 bits per heavy atom. The Labute approximate surface area is 61.9 Å². The number of hydrogen-bond donors (Lipinski definition) is 1. The van der Waals surface area contributed by atoms with Crippen molar-refractivity contribution in [2.45, 2.75) is 27.2 Å². The molecular weight excluding hydrogens is 124 g/mol. The van der Waals surface area contributed by atoms with Gasteiger partial charge in [0, 0.05) is 11.1 Å². The van der Waals surface area contributed by atoms with Crippen molar-refractivity contribution < 1.29 is 0 Å². The molecule has 0 radical (unpaired) electrons. The van der Waals surface area contributed by atoms with Crippen molar-refractivity contribution >= 4 is 12.1 Å². The second-order valence-electron chi connectivity index (χ2n) is 3.37. The molecule has 0 amide bonds. The van der Waals surface area contributed by atoms with Gasteiger partial charge >= 0.3 is 0 Å². The number of aliphatic imine (C=N–C) groups is 1. The van der Waals surface area contributed by atoms with E-state index in [2.05, 4.69) is 18.8 Å². The monoisotopic (exact) mass is 138 g/mol. The molecule has 2 unspecified atom stereocenters. The maximum Gasteiger partial charge on any atom is 0.106 e. The summed E-state index contributed by atoms with van der Waals surface area (Å²) in [7, 11) is 0. The van der Waals surface area contributed by atoms with Crippen molar-refractivity contribution in [3.63, 3.8) is 0 Å². The average molecular weight is 138 g/mol. The van der Waals surface area contributed by atoms with Gasteiger partial charge in [0.25, 0.3) is 0 Å². The van der Waals surface area contributed by atoms with E-state index in [0.29, 0.717) is 5.41 Å². The van der Waals surface area contributed by atoms with E-state index >= 15 is 0 Å². The predicted molar refractivity (Wildman–Crippen MR) is 43.8 cm³/mol. The van der Waals surface area contributed by atoms with Crippen molar-refractivity contribution in [2.24, 2.45) is 16.3 Å². The van der Waals surface area contributed by atoms with Gasteiger partial charge in [-0.25, -0.2) is 4.99 Å². The molecule has 0 saturated heterocycles. The average Bonchev–Trinajstić information content (AvgIpc) is 2.43. The van der Waals surface area contributed by atoms with Crippen molar-refractivity contribution in [3.8, 4) is 0 Å². The summed E-state index contributed by atoms with van der Waals surface area (Å²) < 4.78 is 0. The van der Waals surface area contributed by atoms with Gasteiger partial charge in [0.1, 0.15) is 6.34 Å². The van der Waals surface area contributed by atoms with Crippen LogP contribution in [0.2, 0.25) is 0 Å². The molecule has 1 rings (SSSR count). The molecule has 2 nitrogen and oxygen atoms in total. The first-order valence-electron chi connectivity index (χ1n) is 3.65. The minimum Gasteiger partial charge on any atom is -0.290 e. The molecule has 0 heterocycles. The third-order valence-corrected chi connectivity index (χ3v) is 2.74. The summed E-state index contributed by atoms with van der Waals surface area (Å²) in [6.45, 7) is 6.44. The summed E-state index contributed by atoms with van der Waals surface area (Å²) in [6.07, 6.45) is 2.36. The lowest BCUT2D eigenvalue weighted by atomic mass is 10.0. The Balaban J connectivity index is 2.66. The molecule has 1 N–H and O–H groups in total. The predicted octanol–water partition coefficient (Wildman–Crippen LogP) is 2.10. The van der Waals surface area contributed by atoms with Crippen LogP contribution in [0, 0.1) is 16.7 Å². The molecule has 2 heteroatoms. The molecule has 10 heavy (non-hydrogen) atoms. The van der Waals surface area contributed by atoms with Crippen molar-refractivity contribution in [1.82, 2.24) is 0 Å². The van der Waals surface area contributed by atoms with E-state index in [9.17, 15) is 0 Å². The highest BCUT2D eigenvalue weighted by atomic mass is 14.8. The normalized spacial score (nSPS) is 39.5. The molecule has 0 aliphatic heterocycles. The summed E-state index contributed by atoms with van der Waals surface area (Å²) >= 11 is 0. The van der Waals surface area contributed by atoms with Crippen molar-refractivity contribution in [3.05, 3.63) is 0 Å². The van der Waals surface area contributed by atoms with Gasteiger partial charge in [0.2, 0.25) is 0 Å². The molecule has 0 spiro atoms. The van der Waals surface area contributed by atoms with E-state index in [1.54, 1.807) is 0 Å². The molecule has 1 saturated carbocycles. The number of hydrogen-bond acceptors (Lipinski definition) is 1. The van der Waals surface area contributed by atoms with Gasteiger partial charge in [-0.2, -0.15) is 0 Å². The third-order valence-electron chi connectivity index (χ3n) is 2.74. The van der Waals surface area contributed by atoms with Gasteiger partial charge < -0.3 is 0 Å². The molecule has 1 fully saturated rings. The zero-order valence-corrected chi connectivity index (χ0v) is 6.81. The lowest BCUT2D eigenvalue weighted by Gasteiger charge is -2.06. The van der Waals surface area contributed by atoms with E-state index in [1.807, 2.05) is 6.92 Å². The van der Waals surface area contributed by atoms with Gasteiger partial charge in [-0.15, -0.1) is 0 Å². The molecular formula is C8H14N2. The number of nitrogens with zero attached hydrogens (tertiary/aromatic N) is 1. The van der Waals surface area contributed by atoms with E-state index in [0.717, 1.165) is 18.0 Å². The maximum atomic E-state index is 6.79. The number of nitrogens with one attached hydrogen (secondary N) is 1. The molecule has 0 aromatic heterocycles. The summed E-state index contributed by atoms with van der Waals surface area (Å²) in [5.74, 6) is 0.760. The largest absolute Gasteiger partial charge is 0.290 e. The molecule has 0 aromatic carbocycles. The second kappa shape index (κ2) is 2.19. The fourth-order valence-electron chi connectivity index (χ4n) is 1.33. The van der Waals surface area contributed by atoms with Crippen LogP contribution in [0.5, 0.6) is 0 Å². The highest BCUT2D eigenvalue weighted by Gasteiger charge is 2.48. The third kappa shape index (κ3) is 0.981. The molecule has 2 atom stereocenters. The van der Waals surface area contributed by atoms with E-state index in [1.165, 1.54) is 6.42 Å². The first-order chi connectivity index (χ1) is 4.61.